The summed E-state index contributed by atoms with van der Waals surface area (Å²) in [5.41, 5.74) is 5.69. The van der Waals surface area contributed by atoms with E-state index >= 15 is 0 Å². The number of aromatic nitrogens is 2. The van der Waals surface area contributed by atoms with Crippen molar-refractivity contribution in [2.24, 2.45) is 0 Å². The number of sulfone groups is 1. The van der Waals surface area contributed by atoms with Crippen LogP contribution in [0.5, 0.6) is 0 Å². The van der Waals surface area contributed by atoms with E-state index < -0.39 is 9.84 Å². The first-order valence-electron chi connectivity index (χ1n) is 6.80. The number of halogens is 1. The molecule has 0 amide bonds. The average molecular weight is 383 g/mol. The Kier molecular flexibility index (Phi) is 4.05. The predicted octanol–water partition coefficient (Wildman–Crippen LogP) is 2.24. The van der Waals surface area contributed by atoms with Gasteiger partial charge in [-0.25, -0.2) is 18.4 Å². The third kappa shape index (κ3) is 2.80. The van der Waals surface area contributed by atoms with Crippen molar-refractivity contribution >= 4 is 37.4 Å². The van der Waals surface area contributed by atoms with Crippen molar-refractivity contribution in [1.82, 2.24) is 9.97 Å². The number of nitrogens with two attached hydrogens (primary N) is 1. The molecule has 2 aromatic rings. The number of nitrogens with zero attached hydrogens (tertiary/aromatic N) is 2. The van der Waals surface area contributed by atoms with Gasteiger partial charge in [-0.1, -0.05) is 18.2 Å². The number of anilines is 2. The van der Waals surface area contributed by atoms with Gasteiger partial charge in [0.05, 0.1) is 10.1 Å². The molecular weight excluding hydrogens is 368 g/mol. The molecule has 6 nitrogen and oxygen atoms in total. The van der Waals surface area contributed by atoms with E-state index in [1.54, 1.807) is 30.3 Å². The van der Waals surface area contributed by atoms with E-state index in [-0.39, 0.29) is 11.3 Å². The van der Waals surface area contributed by atoms with E-state index in [0.717, 1.165) is 0 Å². The molecule has 1 aromatic carbocycles. The molecule has 3 N–H and O–H groups in total. The highest BCUT2D eigenvalue weighted by Crippen LogP contribution is 2.35. The molecule has 0 radical (unpaired) electrons. The fourth-order valence-corrected chi connectivity index (χ4v) is 4.63. The Morgan fingerprint density at radius 2 is 1.86 bits per heavy atom. The second-order valence-electron chi connectivity index (χ2n) is 5.21. The van der Waals surface area contributed by atoms with E-state index in [1.807, 2.05) is 0 Å². The molecule has 0 atom stereocenters. The molecule has 1 aliphatic rings. The van der Waals surface area contributed by atoms with Crippen LogP contribution in [0, 0.1) is 0 Å². The number of hydrogen-bond acceptors (Lipinski definition) is 6. The minimum Gasteiger partial charge on any atom is -0.383 e. The maximum Gasteiger partial charge on any atom is 0.181 e. The van der Waals surface area contributed by atoms with Crippen LogP contribution < -0.4 is 11.1 Å². The fraction of sp³-hybridized carbons (Fsp3) is 0.286. The third-order valence-electron chi connectivity index (χ3n) is 3.76. The number of rotatable bonds is 4. The highest BCUT2D eigenvalue weighted by molar-refractivity contribution is 9.10. The minimum absolute atomic E-state index is 0.0640. The first-order valence-corrected chi connectivity index (χ1v) is 9.14. The summed E-state index contributed by atoms with van der Waals surface area (Å²) in [7, 11) is -3.25. The van der Waals surface area contributed by atoms with Gasteiger partial charge in [0.15, 0.2) is 9.84 Å². The van der Waals surface area contributed by atoms with E-state index in [0.29, 0.717) is 33.8 Å². The van der Waals surface area contributed by atoms with Crippen LogP contribution in [-0.4, -0.2) is 29.7 Å². The van der Waals surface area contributed by atoms with Gasteiger partial charge in [-0.05, 0) is 40.9 Å². The lowest BCUT2D eigenvalue weighted by Gasteiger charge is -2.35. The predicted molar refractivity (Wildman–Crippen MR) is 88.2 cm³/mol. The summed E-state index contributed by atoms with van der Waals surface area (Å²) in [5, 5.41) is 2.84. The van der Waals surface area contributed by atoms with Crippen LogP contribution in [0.25, 0.3) is 0 Å². The zero-order valence-corrected chi connectivity index (χ0v) is 14.0. The van der Waals surface area contributed by atoms with Crippen molar-refractivity contribution in [2.45, 2.75) is 29.0 Å². The van der Waals surface area contributed by atoms with Gasteiger partial charge in [-0.2, -0.15) is 0 Å². The van der Waals surface area contributed by atoms with Crippen LogP contribution in [0.2, 0.25) is 0 Å². The Hall–Kier alpha value is -1.67. The minimum atomic E-state index is -3.25. The molecule has 0 aliphatic heterocycles. The summed E-state index contributed by atoms with van der Waals surface area (Å²) in [6.07, 6.45) is 2.47. The van der Waals surface area contributed by atoms with E-state index in [1.165, 1.54) is 6.33 Å². The van der Waals surface area contributed by atoms with Gasteiger partial charge in [0.25, 0.3) is 0 Å². The van der Waals surface area contributed by atoms with Gasteiger partial charge in [0.1, 0.15) is 22.4 Å². The van der Waals surface area contributed by atoms with Crippen molar-refractivity contribution < 1.29 is 8.42 Å². The van der Waals surface area contributed by atoms with E-state index in [2.05, 4.69) is 31.2 Å². The fourth-order valence-electron chi connectivity index (χ4n) is 2.42. The lowest BCUT2D eigenvalue weighted by atomic mass is 9.92. The standard InChI is InChI=1S/C14H15BrN4O2S/c15-12-13(16)17-8-18-14(12)19-9-6-11(7-9)22(20,21)10-4-2-1-3-5-10/h1-5,8-9,11H,6-7H2,(H3,16,17,18,19). The van der Waals surface area contributed by atoms with Gasteiger partial charge >= 0.3 is 0 Å². The SMILES string of the molecule is Nc1ncnc(NC2CC(S(=O)(=O)c3ccccc3)C2)c1Br. The molecule has 1 aromatic heterocycles. The number of benzene rings is 1. The van der Waals surface area contributed by atoms with Crippen LogP contribution >= 0.6 is 15.9 Å². The number of nitrogen functional groups attached to an aromatic ring is 1. The third-order valence-corrected chi connectivity index (χ3v) is 6.74. The van der Waals surface area contributed by atoms with Crippen molar-refractivity contribution in [2.75, 3.05) is 11.1 Å². The van der Waals surface area contributed by atoms with Crippen molar-refractivity contribution in [3.63, 3.8) is 0 Å². The summed E-state index contributed by atoms with van der Waals surface area (Å²) in [6.45, 7) is 0. The van der Waals surface area contributed by atoms with Crippen molar-refractivity contribution in [3.8, 4) is 0 Å². The van der Waals surface area contributed by atoms with Crippen molar-refractivity contribution in [1.29, 1.82) is 0 Å². The number of hydrogen-bond donors (Lipinski definition) is 2. The summed E-state index contributed by atoms with van der Waals surface area (Å²) < 4.78 is 25.5. The molecule has 1 fully saturated rings. The lowest BCUT2D eigenvalue weighted by Crippen LogP contribution is -2.44. The smallest absolute Gasteiger partial charge is 0.181 e. The van der Waals surface area contributed by atoms with Gasteiger partial charge in [-0.15, -0.1) is 0 Å². The summed E-state index contributed by atoms with van der Waals surface area (Å²) in [5.74, 6) is 0.943. The number of nitrogens with one attached hydrogen (secondary N) is 1. The quantitative estimate of drug-likeness (QED) is 0.841. The van der Waals surface area contributed by atoms with Crippen LogP contribution in [0.3, 0.4) is 0 Å². The van der Waals surface area contributed by atoms with Gasteiger partial charge in [0.2, 0.25) is 0 Å². The summed E-state index contributed by atoms with van der Waals surface area (Å²) >= 11 is 3.32. The normalized spacial score (nSPS) is 21.1. The molecule has 22 heavy (non-hydrogen) atoms. The second-order valence-corrected chi connectivity index (χ2v) is 8.24. The van der Waals surface area contributed by atoms with Crippen LogP contribution in [0.4, 0.5) is 11.6 Å². The zero-order chi connectivity index (χ0) is 15.7. The Labute approximate surface area is 137 Å². The van der Waals surface area contributed by atoms with Crippen LogP contribution in [0.15, 0.2) is 46.0 Å². The molecule has 0 unspecified atom stereocenters. The molecule has 0 bridgehead atoms. The zero-order valence-electron chi connectivity index (χ0n) is 11.6. The maximum absolute atomic E-state index is 12.5. The summed E-state index contributed by atoms with van der Waals surface area (Å²) in [6, 6.07) is 8.62. The largest absolute Gasteiger partial charge is 0.383 e. The van der Waals surface area contributed by atoms with E-state index in [9.17, 15) is 8.42 Å². The molecule has 1 heterocycles. The van der Waals surface area contributed by atoms with Gasteiger partial charge in [0, 0.05) is 6.04 Å². The Bertz CT molecular complexity index is 777. The van der Waals surface area contributed by atoms with E-state index in [4.69, 9.17) is 5.73 Å². The Balaban J connectivity index is 1.66. The highest BCUT2D eigenvalue weighted by atomic mass is 79.9. The van der Waals surface area contributed by atoms with Crippen LogP contribution in [0.1, 0.15) is 12.8 Å². The average Bonchev–Trinajstić information content (AvgIpc) is 2.47. The molecular formula is C14H15BrN4O2S. The highest BCUT2D eigenvalue weighted by Gasteiger charge is 2.39. The first-order chi connectivity index (χ1) is 10.5. The monoisotopic (exact) mass is 382 g/mol. The van der Waals surface area contributed by atoms with Crippen LogP contribution in [-0.2, 0) is 9.84 Å². The molecule has 8 heteroatoms. The van der Waals surface area contributed by atoms with Gasteiger partial charge < -0.3 is 11.1 Å². The molecule has 116 valence electrons. The Morgan fingerprint density at radius 3 is 2.55 bits per heavy atom. The Morgan fingerprint density at radius 1 is 1.18 bits per heavy atom. The lowest BCUT2D eigenvalue weighted by molar-refractivity contribution is 0.431. The molecule has 3 rings (SSSR count). The maximum atomic E-state index is 12.5. The topological polar surface area (TPSA) is 98.0 Å². The molecule has 0 saturated heterocycles. The molecule has 1 saturated carbocycles. The molecule has 1 aliphatic carbocycles. The summed E-state index contributed by atoms with van der Waals surface area (Å²) in [4.78, 5) is 8.36. The second kappa shape index (κ2) is 5.85. The molecule has 0 spiro atoms. The van der Waals surface area contributed by atoms with Crippen molar-refractivity contribution in [3.05, 3.63) is 41.1 Å². The first kappa shape index (κ1) is 15.2. The van der Waals surface area contributed by atoms with Gasteiger partial charge in [-0.3, -0.25) is 0 Å².